The van der Waals surface area contributed by atoms with Gasteiger partial charge in [-0.2, -0.15) is 0 Å². The van der Waals surface area contributed by atoms with Crippen LogP contribution >= 0.6 is 0 Å². The molecule has 1 N–H and O–H groups in total. The molecule has 89 heavy (non-hydrogen) atoms. The van der Waals surface area contributed by atoms with Crippen molar-refractivity contribution in [1.29, 1.82) is 0 Å². The SMILES string of the molecule is COc1ccc(CO[C@H]([C@@H](C)[C@@H](CCCC[C@H](C)[C@@H](O[Si](C)(C)C(C)(C)C)[C@@H](C)C=C[C@H](C[C@H](O[Si](C)(C)C(C)(C)C)[C@H](C)C=CCOC(c2ccccc2)(c2ccccc2)c2ccccc2)O[Si](C)(C)C(C)(C)C)O[Si](C)(C)C(C)(C)C)[C@@H](C)CO)cc1. The summed E-state index contributed by atoms with van der Waals surface area (Å²) in [6.45, 7) is 59.6. The Labute approximate surface area is 549 Å². The Morgan fingerprint density at radius 1 is 0.461 bits per heavy atom. The Bertz CT molecular complexity index is 2600. The van der Waals surface area contributed by atoms with Crippen molar-refractivity contribution in [3.8, 4) is 5.75 Å². The molecule has 0 spiro atoms. The van der Waals surface area contributed by atoms with E-state index < -0.39 is 38.9 Å². The number of methoxy groups -OCH3 is 1. The first-order chi connectivity index (χ1) is 41.1. The summed E-state index contributed by atoms with van der Waals surface area (Å²) < 4.78 is 49.7. The molecule has 0 aliphatic carbocycles. The minimum atomic E-state index is -2.29. The van der Waals surface area contributed by atoms with E-state index in [1.54, 1.807) is 7.11 Å². The molecular weight excluding hydrogens is 1170 g/mol. The van der Waals surface area contributed by atoms with Crippen molar-refractivity contribution in [2.75, 3.05) is 20.3 Å². The second kappa shape index (κ2) is 33.2. The normalized spacial score (nSPS) is 17.2. The zero-order valence-corrected chi connectivity index (χ0v) is 65.0. The van der Waals surface area contributed by atoms with Crippen LogP contribution in [0.25, 0.3) is 0 Å². The Kier molecular flexibility index (Phi) is 29.2. The summed E-state index contributed by atoms with van der Waals surface area (Å²) in [7, 11) is -7.29. The van der Waals surface area contributed by atoms with E-state index in [9.17, 15) is 5.11 Å². The third kappa shape index (κ3) is 22.2. The molecule has 10 atom stereocenters. The van der Waals surface area contributed by atoms with E-state index in [0.717, 1.165) is 60.1 Å². The van der Waals surface area contributed by atoms with Gasteiger partial charge in [-0.05, 0) is 138 Å². The molecule has 0 aliphatic rings. The van der Waals surface area contributed by atoms with E-state index in [1.807, 2.05) is 12.1 Å². The first-order valence-electron chi connectivity index (χ1n) is 33.9. The van der Waals surface area contributed by atoms with E-state index in [1.165, 1.54) is 0 Å². The maximum Gasteiger partial charge on any atom is 0.192 e. The van der Waals surface area contributed by atoms with Crippen LogP contribution in [0.1, 0.15) is 172 Å². The van der Waals surface area contributed by atoms with Crippen LogP contribution in [0.15, 0.2) is 140 Å². The molecule has 0 bridgehead atoms. The van der Waals surface area contributed by atoms with Crippen LogP contribution in [0.3, 0.4) is 0 Å². The van der Waals surface area contributed by atoms with Gasteiger partial charge in [-0.1, -0.05) is 258 Å². The van der Waals surface area contributed by atoms with Gasteiger partial charge in [-0.3, -0.25) is 0 Å². The lowest BCUT2D eigenvalue weighted by Crippen LogP contribution is -2.48. The van der Waals surface area contributed by atoms with Gasteiger partial charge in [0.05, 0.1) is 50.8 Å². The minimum Gasteiger partial charge on any atom is -0.497 e. The number of rotatable bonds is 35. The Morgan fingerprint density at radius 3 is 1.33 bits per heavy atom. The third-order valence-electron chi connectivity index (χ3n) is 21.1. The molecule has 500 valence electrons. The zero-order valence-electron chi connectivity index (χ0n) is 61.0. The fourth-order valence-electron chi connectivity index (χ4n) is 10.9. The molecule has 4 rings (SSSR count). The standard InChI is InChI=1S/C77H128O8Si4/c1-58(40-38-54-81-77(64-41-30-27-31-42-64,65-43-32-28-33-44-65)66-45-34-29-35-46-66)70(84-88(23,24)75(12,13)14)55-68(82-86(19,20)73(6,7)8)51-48-60(3)71(85-89(25,26)76(15,16)17)59(2)39-36-37-47-69(83-87(21,22)74(9,10)11)62(5)72(61(4)56-78)80-57-63-49-52-67(79-18)53-50-63/h27-35,38,40-46,48-53,58-62,68-72,78H,36-37,39,47,54-57H2,1-26H3/t58-,59+,60+,61+,62+,68-,69-,70+,71-,72+/m1/s1. The zero-order chi connectivity index (χ0) is 67.0. The molecule has 4 aromatic rings. The number of ether oxygens (including phenoxy) is 3. The summed E-state index contributed by atoms with van der Waals surface area (Å²) in [5.41, 5.74) is 3.52. The highest BCUT2D eigenvalue weighted by Gasteiger charge is 2.46. The van der Waals surface area contributed by atoms with Gasteiger partial charge in [0, 0.05) is 24.9 Å². The van der Waals surface area contributed by atoms with E-state index in [2.05, 4.69) is 298 Å². The molecule has 8 nitrogen and oxygen atoms in total. The Balaban J connectivity index is 1.70. The van der Waals surface area contributed by atoms with E-state index in [-0.39, 0.29) is 81.0 Å². The maximum absolute atomic E-state index is 10.6. The first-order valence-corrected chi connectivity index (χ1v) is 45.5. The molecule has 0 saturated carbocycles. The number of aliphatic hydroxyl groups excluding tert-OH is 1. The average molecular weight is 1290 g/mol. The molecule has 0 heterocycles. The summed E-state index contributed by atoms with van der Waals surface area (Å²) in [6.07, 6.45) is 13.7. The van der Waals surface area contributed by atoms with Crippen molar-refractivity contribution in [3.63, 3.8) is 0 Å². The second-order valence-electron chi connectivity index (χ2n) is 32.4. The monoisotopic (exact) mass is 1290 g/mol. The number of benzene rings is 4. The van der Waals surface area contributed by atoms with Crippen LogP contribution in [0.5, 0.6) is 5.75 Å². The molecule has 12 heteroatoms. The molecule has 0 aliphatic heterocycles. The van der Waals surface area contributed by atoms with Crippen LogP contribution in [0, 0.1) is 29.6 Å². The van der Waals surface area contributed by atoms with E-state index >= 15 is 0 Å². The van der Waals surface area contributed by atoms with Crippen LogP contribution in [-0.4, -0.2) is 89.2 Å². The summed E-state index contributed by atoms with van der Waals surface area (Å²) in [5.74, 6) is 1.30. The van der Waals surface area contributed by atoms with Crippen LogP contribution in [0.2, 0.25) is 72.5 Å². The van der Waals surface area contributed by atoms with Gasteiger partial charge >= 0.3 is 0 Å². The molecule has 0 radical (unpaired) electrons. The minimum absolute atomic E-state index is 0.00337. The van der Waals surface area contributed by atoms with Crippen molar-refractivity contribution in [3.05, 3.63) is 162 Å². The molecule has 0 saturated heterocycles. The number of hydrogen-bond acceptors (Lipinski definition) is 8. The molecule has 0 aromatic heterocycles. The first kappa shape index (κ1) is 78.2. The fourth-order valence-corrected chi connectivity index (χ4v) is 16.5. The molecule has 0 fully saturated rings. The highest BCUT2D eigenvalue weighted by Crippen LogP contribution is 2.45. The molecule has 0 amide bonds. The molecule has 4 aromatic carbocycles. The molecular formula is C77H128O8Si4. The second-order valence-corrected chi connectivity index (χ2v) is 51.4. The van der Waals surface area contributed by atoms with Crippen molar-refractivity contribution < 1.29 is 37.0 Å². The van der Waals surface area contributed by atoms with Crippen LogP contribution < -0.4 is 4.74 Å². The maximum atomic E-state index is 10.6. The highest BCUT2D eigenvalue weighted by molar-refractivity contribution is 6.75. The van der Waals surface area contributed by atoms with Crippen LogP contribution in [0.4, 0.5) is 0 Å². The topological polar surface area (TPSA) is 84.8 Å². The van der Waals surface area contributed by atoms with Gasteiger partial charge in [0.1, 0.15) is 11.4 Å². The van der Waals surface area contributed by atoms with Gasteiger partial charge in [0.15, 0.2) is 33.3 Å². The van der Waals surface area contributed by atoms with Crippen molar-refractivity contribution in [1.82, 2.24) is 0 Å². The van der Waals surface area contributed by atoms with Gasteiger partial charge in [-0.15, -0.1) is 0 Å². The highest BCUT2D eigenvalue weighted by atomic mass is 28.4. The Hall–Kier alpha value is -3.25. The lowest BCUT2D eigenvalue weighted by molar-refractivity contribution is -0.0732. The average Bonchev–Trinajstić information content (AvgIpc) is 1.68. The summed E-state index contributed by atoms with van der Waals surface area (Å²) in [4.78, 5) is 0. The fraction of sp³-hybridized carbons (Fsp3) is 0.636. The quantitative estimate of drug-likeness (QED) is 0.0211. The largest absolute Gasteiger partial charge is 0.497 e. The Morgan fingerprint density at radius 2 is 0.888 bits per heavy atom. The number of unbranched alkanes of at least 4 members (excludes halogenated alkanes) is 1. The van der Waals surface area contributed by atoms with Gasteiger partial charge in [-0.25, -0.2) is 0 Å². The van der Waals surface area contributed by atoms with Gasteiger partial charge in [0.2, 0.25) is 0 Å². The van der Waals surface area contributed by atoms with Crippen molar-refractivity contribution >= 4 is 33.3 Å². The van der Waals surface area contributed by atoms with Gasteiger partial charge < -0.3 is 37.0 Å². The van der Waals surface area contributed by atoms with Crippen molar-refractivity contribution in [2.45, 2.75) is 265 Å². The van der Waals surface area contributed by atoms with Gasteiger partial charge in [0.25, 0.3) is 0 Å². The summed E-state index contributed by atoms with van der Waals surface area (Å²) >= 11 is 0. The predicted molar refractivity (Wildman–Crippen MR) is 389 cm³/mol. The predicted octanol–water partition coefficient (Wildman–Crippen LogP) is 21.4. The summed E-state index contributed by atoms with van der Waals surface area (Å²) in [6, 6.07) is 40.0. The number of hydrogen-bond donors (Lipinski definition) is 1. The third-order valence-corrected chi connectivity index (χ3v) is 39.1. The summed E-state index contributed by atoms with van der Waals surface area (Å²) in [5, 5.41) is 10.7. The van der Waals surface area contributed by atoms with E-state index in [4.69, 9.17) is 31.9 Å². The number of aliphatic hydroxyl groups is 1. The lowest BCUT2D eigenvalue weighted by atomic mass is 9.80. The molecule has 0 unspecified atom stereocenters. The van der Waals surface area contributed by atoms with Crippen LogP contribution in [-0.2, 0) is 39.4 Å². The smallest absolute Gasteiger partial charge is 0.192 e. The lowest BCUT2D eigenvalue weighted by Gasteiger charge is -2.44. The van der Waals surface area contributed by atoms with E-state index in [0.29, 0.717) is 19.1 Å². The van der Waals surface area contributed by atoms with Crippen molar-refractivity contribution in [2.24, 2.45) is 29.6 Å².